The van der Waals surface area contributed by atoms with Crippen molar-refractivity contribution in [2.24, 2.45) is 5.92 Å². The maximum absolute atomic E-state index is 13.9. The van der Waals surface area contributed by atoms with E-state index in [1.54, 1.807) is 24.9 Å². The molecule has 2 rings (SSSR count). The molecule has 1 aromatic heterocycles. The third-order valence-electron chi connectivity index (χ3n) is 5.70. The minimum atomic E-state index is -0.426. The second kappa shape index (κ2) is 15.2. The zero-order valence-corrected chi connectivity index (χ0v) is 23.3. The van der Waals surface area contributed by atoms with E-state index < -0.39 is 6.09 Å². The van der Waals surface area contributed by atoms with Gasteiger partial charge < -0.3 is 25.6 Å². The largest absolute Gasteiger partial charge is 0.450 e. The topological polar surface area (TPSA) is 108 Å². The second-order valence-electron chi connectivity index (χ2n) is 10.4. The van der Waals surface area contributed by atoms with Crippen molar-refractivity contribution >= 4 is 29.6 Å². The van der Waals surface area contributed by atoms with Gasteiger partial charge >= 0.3 is 6.09 Å². The Morgan fingerprint density at radius 1 is 1.31 bits per heavy atom. The SMILES string of the molecule is C.CCOC(=O)N[C@H]1CNC[C@@H](N(CC(C)C)C(=O)c2cnc(C(C)(C)C)nc2NCCCSC)C1. The van der Waals surface area contributed by atoms with Crippen molar-refractivity contribution in [1.82, 2.24) is 25.5 Å². The molecular weight excluding hydrogens is 476 g/mol. The Balaban J connectivity index is 0.00000648. The molecule has 2 atom stereocenters. The van der Waals surface area contributed by atoms with Gasteiger partial charge in [0.25, 0.3) is 5.91 Å². The number of nitrogens with one attached hydrogen (secondary N) is 3. The summed E-state index contributed by atoms with van der Waals surface area (Å²) in [5.74, 6) is 2.53. The van der Waals surface area contributed by atoms with Crippen LogP contribution in [0, 0.1) is 5.92 Å². The molecule has 0 radical (unpaired) electrons. The molecule has 0 aromatic carbocycles. The van der Waals surface area contributed by atoms with E-state index in [1.807, 2.05) is 4.90 Å². The van der Waals surface area contributed by atoms with Crippen molar-refractivity contribution in [3.63, 3.8) is 0 Å². The van der Waals surface area contributed by atoms with Crippen molar-refractivity contribution in [3.05, 3.63) is 17.6 Å². The Hall–Kier alpha value is -2.07. The molecule has 1 fully saturated rings. The number of rotatable bonds is 11. The molecule has 1 saturated heterocycles. The van der Waals surface area contributed by atoms with E-state index in [9.17, 15) is 9.59 Å². The second-order valence-corrected chi connectivity index (χ2v) is 11.4. The summed E-state index contributed by atoms with van der Waals surface area (Å²) in [6.45, 7) is 15.2. The van der Waals surface area contributed by atoms with Crippen LogP contribution < -0.4 is 16.0 Å². The molecule has 9 nitrogen and oxygen atoms in total. The maximum atomic E-state index is 13.9. The van der Waals surface area contributed by atoms with Gasteiger partial charge in [0.2, 0.25) is 0 Å². The molecule has 3 N–H and O–H groups in total. The number of hydrogen-bond donors (Lipinski definition) is 3. The Kier molecular flexibility index (Phi) is 13.5. The van der Waals surface area contributed by atoms with Crippen LogP contribution in [-0.2, 0) is 10.2 Å². The van der Waals surface area contributed by atoms with Gasteiger partial charge in [0.05, 0.1) is 6.61 Å². The van der Waals surface area contributed by atoms with E-state index in [-0.39, 0.29) is 36.8 Å². The highest BCUT2D eigenvalue weighted by Gasteiger charge is 2.33. The average molecular weight is 525 g/mol. The Morgan fingerprint density at radius 3 is 2.64 bits per heavy atom. The fourth-order valence-electron chi connectivity index (χ4n) is 4.01. The third kappa shape index (κ3) is 9.76. The molecule has 0 bridgehead atoms. The fourth-order valence-corrected chi connectivity index (χ4v) is 4.44. The molecule has 2 amide bonds. The first kappa shape index (κ1) is 32.0. The van der Waals surface area contributed by atoms with Crippen LogP contribution in [0.1, 0.15) is 78.0 Å². The van der Waals surface area contributed by atoms with Crippen LogP contribution in [0.2, 0.25) is 0 Å². The summed E-state index contributed by atoms with van der Waals surface area (Å²) >= 11 is 1.80. The number of aromatic nitrogens is 2. The minimum absolute atomic E-state index is 0. The monoisotopic (exact) mass is 524 g/mol. The quantitative estimate of drug-likeness (QED) is 0.371. The van der Waals surface area contributed by atoms with Gasteiger partial charge in [0.15, 0.2) is 0 Å². The molecule has 0 saturated carbocycles. The zero-order chi connectivity index (χ0) is 26.0. The van der Waals surface area contributed by atoms with Crippen molar-refractivity contribution in [3.8, 4) is 0 Å². The molecule has 1 aliphatic rings. The van der Waals surface area contributed by atoms with Crippen LogP contribution in [0.4, 0.5) is 10.6 Å². The summed E-state index contributed by atoms with van der Waals surface area (Å²) in [5.41, 5.74) is 0.261. The molecule has 10 heteroatoms. The highest BCUT2D eigenvalue weighted by Crippen LogP contribution is 2.24. The van der Waals surface area contributed by atoms with Gasteiger partial charge in [-0.25, -0.2) is 14.8 Å². The summed E-state index contributed by atoms with van der Waals surface area (Å²) in [6, 6.07) is -0.184. The lowest BCUT2D eigenvalue weighted by atomic mass is 9.95. The number of alkyl carbamates (subject to hydrolysis) is 1. The number of carbonyl (C=O) groups is 2. The summed E-state index contributed by atoms with van der Waals surface area (Å²) in [7, 11) is 0. The lowest BCUT2D eigenvalue weighted by Gasteiger charge is -2.39. The van der Waals surface area contributed by atoms with E-state index in [1.165, 1.54) is 0 Å². The van der Waals surface area contributed by atoms with Gasteiger partial charge in [-0.1, -0.05) is 42.0 Å². The molecule has 0 spiro atoms. The number of hydrogen-bond acceptors (Lipinski definition) is 8. The van der Waals surface area contributed by atoms with Gasteiger partial charge in [0, 0.05) is 49.9 Å². The van der Waals surface area contributed by atoms with Crippen molar-refractivity contribution < 1.29 is 14.3 Å². The van der Waals surface area contributed by atoms with Crippen LogP contribution in [0.5, 0.6) is 0 Å². The van der Waals surface area contributed by atoms with Crippen molar-refractivity contribution in [2.75, 3.05) is 50.1 Å². The number of anilines is 1. The minimum Gasteiger partial charge on any atom is -0.450 e. The highest BCUT2D eigenvalue weighted by molar-refractivity contribution is 7.98. The van der Waals surface area contributed by atoms with E-state index in [2.05, 4.69) is 61.8 Å². The smallest absolute Gasteiger partial charge is 0.407 e. The number of piperidine rings is 1. The number of ether oxygens (including phenoxy) is 1. The highest BCUT2D eigenvalue weighted by atomic mass is 32.2. The standard InChI is InChI=1S/C25H44N6O3S.CH4/c1-8-34-24(33)29-18-12-19(14-26-13-18)31(16-17(2)3)22(32)20-15-28-23(25(4,5)6)30-21(20)27-10-9-11-35-7;/h15,17-19,26H,8-14,16H2,1-7H3,(H,29,33)(H,27,28,30);1H4/t18-,19+;/m1./s1. The number of carbonyl (C=O) groups excluding carboxylic acids is 2. The molecule has 1 aromatic rings. The Bertz CT molecular complexity index is 830. The summed E-state index contributed by atoms with van der Waals surface area (Å²) in [4.78, 5) is 37.2. The average Bonchev–Trinajstić information content (AvgIpc) is 2.79. The summed E-state index contributed by atoms with van der Waals surface area (Å²) in [5, 5.41) is 9.68. The first-order chi connectivity index (χ1) is 16.6. The third-order valence-corrected chi connectivity index (χ3v) is 6.39. The predicted molar refractivity (Wildman–Crippen MR) is 150 cm³/mol. The summed E-state index contributed by atoms with van der Waals surface area (Å²) < 4.78 is 5.05. The van der Waals surface area contributed by atoms with E-state index in [4.69, 9.17) is 9.72 Å². The van der Waals surface area contributed by atoms with Gasteiger partial charge in [-0.3, -0.25) is 4.79 Å². The van der Waals surface area contributed by atoms with Gasteiger partial charge in [-0.2, -0.15) is 11.8 Å². The lowest BCUT2D eigenvalue weighted by molar-refractivity contribution is 0.0600. The molecule has 36 heavy (non-hydrogen) atoms. The van der Waals surface area contributed by atoms with Crippen LogP contribution in [-0.4, -0.2) is 83.7 Å². The number of amides is 2. The van der Waals surface area contributed by atoms with E-state index >= 15 is 0 Å². The number of thioether (sulfide) groups is 1. The lowest BCUT2D eigenvalue weighted by Crippen LogP contribution is -2.57. The van der Waals surface area contributed by atoms with Crippen molar-refractivity contribution in [2.45, 2.75) is 79.3 Å². The first-order valence-electron chi connectivity index (χ1n) is 12.6. The molecular formula is C26H48N6O3S. The molecule has 0 aliphatic carbocycles. The predicted octanol–water partition coefficient (Wildman–Crippen LogP) is 4.15. The van der Waals surface area contributed by atoms with Crippen LogP contribution in [0.15, 0.2) is 6.20 Å². The Labute approximate surface area is 222 Å². The van der Waals surface area contributed by atoms with Crippen LogP contribution >= 0.6 is 11.8 Å². The van der Waals surface area contributed by atoms with Crippen LogP contribution in [0.3, 0.4) is 0 Å². The fraction of sp³-hybridized carbons (Fsp3) is 0.769. The Morgan fingerprint density at radius 2 is 2.03 bits per heavy atom. The molecule has 2 heterocycles. The van der Waals surface area contributed by atoms with Crippen molar-refractivity contribution in [1.29, 1.82) is 0 Å². The van der Waals surface area contributed by atoms with Crippen LogP contribution in [0.25, 0.3) is 0 Å². The first-order valence-corrected chi connectivity index (χ1v) is 14.0. The van der Waals surface area contributed by atoms with Gasteiger partial charge in [0.1, 0.15) is 17.2 Å². The molecule has 0 unspecified atom stereocenters. The maximum Gasteiger partial charge on any atom is 0.407 e. The molecule has 206 valence electrons. The van der Waals surface area contributed by atoms with Gasteiger partial charge in [-0.05, 0) is 37.7 Å². The summed E-state index contributed by atoms with van der Waals surface area (Å²) in [6.07, 6.45) is 4.97. The van der Waals surface area contributed by atoms with Gasteiger partial charge in [-0.15, -0.1) is 0 Å². The number of nitrogens with zero attached hydrogens (tertiary/aromatic N) is 3. The van der Waals surface area contributed by atoms with E-state index in [0.717, 1.165) is 18.7 Å². The molecule has 1 aliphatic heterocycles. The van der Waals surface area contributed by atoms with E-state index in [0.29, 0.717) is 49.9 Å². The normalized spacial score (nSPS) is 17.8. The zero-order valence-electron chi connectivity index (χ0n) is 22.4.